The lowest BCUT2D eigenvalue weighted by molar-refractivity contribution is -0.131. The number of hydrogen-bond donors (Lipinski definition) is 1. The van der Waals surface area contributed by atoms with Gasteiger partial charge >= 0.3 is 0 Å². The summed E-state index contributed by atoms with van der Waals surface area (Å²) in [5, 5.41) is 3.35. The van der Waals surface area contributed by atoms with Crippen molar-refractivity contribution in [2.45, 2.75) is 6.42 Å². The van der Waals surface area contributed by atoms with E-state index in [2.05, 4.69) is 26.1 Å². The van der Waals surface area contributed by atoms with Crippen LogP contribution in [0.15, 0.2) is 28.7 Å². The van der Waals surface area contributed by atoms with Crippen LogP contribution in [0.25, 0.3) is 0 Å². The molecule has 1 saturated heterocycles. The van der Waals surface area contributed by atoms with E-state index >= 15 is 0 Å². The highest BCUT2D eigenvalue weighted by Crippen LogP contribution is 2.15. The maximum Gasteiger partial charge on any atom is 0.236 e. The predicted molar refractivity (Wildman–Crippen MR) is 98.4 cm³/mol. The summed E-state index contributed by atoms with van der Waals surface area (Å²) in [4.78, 5) is 16.2. The first-order valence-corrected chi connectivity index (χ1v) is 8.50. The van der Waals surface area contributed by atoms with E-state index < -0.39 is 0 Å². The average Bonchev–Trinajstić information content (AvgIpc) is 2.77. The van der Waals surface area contributed by atoms with E-state index in [0.29, 0.717) is 19.7 Å². The second-order valence-electron chi connectivity index (χ2n) is 5.50. The fraction of sp³-hybridized carbons (Fsp3) is 0.562. The number of carbonyl (C=O) groups excluding carboxylic acids is 1. The van der Waals surface area contributed by atoms with Crippen molar-refractivity contribution in [2.24, 2.45) is 0 Å². The summed E-state index contributed by atoms with van der Waals surface area (Å²) in [6, 6.07) is 7.71. The van der Waals surface area contributed by atoms with E-state index in [0.717, 1.165) is 42.8 Å². The van der Waals surface area contributed by atoms with Gasteiger partial charge in [0.25, 0.3) is 0 Å². The summed E-state index contributed by atoms with van der Waals surface area (Å²) in [6.07, 6.45) is 1.10. The van der Waals surface area contributed by atoms with Gasteiger partial charge in [-0.25, -0.2) is 0 Å². The van der Waals surface area contributed by atoms with E-state index in [-0.39, 0.29) is 18.3 Å². The third-order valence-electron chi connectivity index (χ3n) is 3.73. The Kier molecular flexibility index (Phi) is 9.55. The van der Waals surface area contributed by atoms with Crippen molar-refractivity contribution in [3.05, 3.63) is 28.7 Å². The highest BCUT2D eigenvalue weighted by Gasteiger charge is 2.15. The quantitative estimate of drug-likeness (QED) is 0.785. The molecule has 1 aromatic carbocycles. The van der Waals surface area contributed by atoms with Gasteiger partial charge in [0.15, 0.2) is 0 Å². The fourth-order valence-corrected chi connectivity index (χ4v) is 2.59. The van der Waals surface area contributed by atoms with Crippen LogP contribution in [-0.4, -0.2) is 68.6 Å². The topological polar surface area (TPSA) is 44.8 Å². The lowest BCUT2D eigenvalue weighted by Crippen LogP contribution is -2.41. The van der Waals surface area contributed by atoms with Gasteiger partial charge in [-0.2, -0.15) is 0 Å². The molecular formula is C16H25BrClN3O2. The summed E-state index contributed by atoms with van der Waals surface area (Å²) in [5.74, 6) is 0.976. The minimum atomic E-state index is 0. The molecule has 1 aliphatic heterocycles. The molecule has 1 aliphatic rings. The van der Waals surface area contributed by atoms with Gasteiger partial charge in [-0.15, -0.1) is 12.4 Å². The Hall–Kier alpha value is -0.820. The van der Waals surface area contributed by atoms with E-state index in [4.69, 9.17) is 4.74 Å². The number of ether oxygens (including phenoxy) is 1. The highest BCUT2D eigenvalue weighted by molar-refractivity contribution is 9.10. The number of halogens is 2. The number of rotatable bonds is 6. The molecule has 2 rings (SSSR count). The van der Waals surface area contributed by atoms with Crippen LogP contribution in [0.4, 0.5) is 0 Å². The number of hydrogen-bond acceptors (Lipinski definition) is 4. The lowest BCUT2D eigenvalue weighted by Gasteiger charge is -2.23. The Morgan fingerprint density at radius 1 is 1.30 bits per heavy atom. The molecule has 7 heteroatoms. The van der Waals surface area contributed by atoms with Gasteiger partial charge in [0, 0.05) is 24.6 Å². The first-order chi connectivity index (χ1) is 10.6. The van der Waals surface area contributed by atoms with Crippen molar-refractivity contribution >= 4 is 34.2 Å². The monoisotopic (exact) mass is 405 g/mol. The fourth-order valence-electron chi connectivity index (χ4n) is 2.33. The van der Waals surface area contributed by atoms with Gasteiger partial charge in [0.1, 0.15) is 12.4 Å². The summed E-state index contributed by atoms with van der Waals surface area (Å²) in [7, 11) is 1.84. The molecule has 130 valence electrons. The SMILES string of the molecule is CN(CCOc1ccc(Br)cc1)C(=O)CN1CCCNCC1.Cl. The molecule has 0 aliphatic carbocycles. The molecule has 5 nitrogen and oxygen atoms in total. The van der Waals surface area contributed by atoms with Crippen molar-refractivity contribution < 1.29 is 9.53 Å². The van der Waals surface area contributed by atoms with Crippen LogP contribution < -0.4 is 10.1 Å². The maximum atomic E-state index is 12.2. The average molecular weight is 407 g/mol. The van der Waals surface area contributed by atoms with Crippen LogP contribution in [0.5, 0.6) is 5.75 Å². The zero-order valence-electron chi connectivity index (χ0n) is 13.5. The Morgan fingerprint density at radius 3 is 2.78 bits per heavy atom. The molecule has 1 aromatic rings. The molecule has 23 heavy (non-hydrogen) atoms. The number of nitrogens with zero attached hydrogens (tertiary/aromatic N) is 2. The van der Waals surface area contributed by atoms with Crippen LogP contribution in [0.3, 0.4) is 0 Å². The van der Waals surface area contributed by atoms with Gasteiger partial charge in [-0.3, -0.25) is 9.69 Å². The summed E-state index contributed by atoms with van der Waals surface area (Å²) in [6.45, 7) is 5.53. The van der Waals surface area contributed by atoms with Crippen LogP contribution in [0.1, 0.15) is 6.42 Å². The molecule has 0 saturated carbocycles. The predicted octanol–water partition coefficient (Wildman–Crippen LogP) is 2.00. The van der Waals surface area contributed by atoms with Gasteiger partial charge < -0.3 is 15.0 Å². The number of amides is 1. The van der Waals surface area contributed by atoms with Crippen molar-refractivity contribution in [2.75, 3.05) is 52.9 Å². The molecule has 1 fully saturated rings. The van der Waals surface area contributed by atoms with Crippen molar-refractivity contribution in [1.82, 2.24) is 15.1 Å². The molecule has 0 bridgehead atoms. The Balaban J connectivity index is 0.00000264. The number of nitrogens with one attached hydrogen (secondary N) is 1. The largest absolute Gasteiger partial charge is 0.492 e. The van der Waals surface area contributed by atoms with Crippen molar-refractivity contribution in [3.63, 3.8) is 0 Å². The normalized spacial score (nSPS) is 15.4. The summed E-state index contributed by atoms with van der Waals surface area (Å²) >= 11 is 3.39. The van der Waals surface area contributed by atoms with E-state index in [1.807, 2.05) is 31.3 Å². The maximum absolute atomic E-state index is 12.2. The second kappa shape index (κ2) is 10.9. The summed E-state index contributed by atoms with van der Waals surface area (Å²) < 4.78 is 6.68. The molecule has 1 amide bonds. The minimum Gasteiger partial charge on any atom is -0.492 e. The van der Waals surface area contributed by atoms with Gasteiger partial charge in [0.2, 0.25) is 5.91 Å². The third-order valence-corrected chi connectivity index (χ3v) is 4.26. The molecule has 0 atom stereocenters. The molecule has 0 radical (unpaired) electrons. The van der Waals surface area contributed by atoms with Crippen LogP contribution in [-0.2, 0) is 4.79 Å². The zero-order chi connectivity index (χ0) is 15.8. The number of benzene rings is 1. The third kappa shape index (κ3) is 7.52. The van der Waals surface area contributed by atoms with Crippen LogP contribution in [0.2, 0.25) is 0 Å². The number of carbonyl (C=O) groups is 1. The summed E-state index contributed by atoms with van der Waals surface area (Å²) in [5.41, 5.74) is 0. The van der Waals surface area contributed by atoms with E-state index in [1.54, 1.807) is 4.90 Å². The lowest BCUT2D eigenvalue weighted by atomic mass is 10.3. The molecule has 0 unspecified atom stereocenters. The van der Waals surface area contributed by atoms with Gasteiger partial charge in [0.05, 0.1) is 13.1 Å². The van der Waals surface area contributed by atoms with Crippen LogP contribution >= 0.6 is 28.3 Å². The zero-order valence-corrected chi connectivity index (χ0v) is 15.9. The molecule has 1 heterocycles. The molecular weight excluding hydrogens is 382 g/mol. The Bertz CT molecular complexity index is 465. The molecule has 0 aromatic heterocycles. The van der Waals surface area contributed by atoms with Crippen LogP contribution in [0, 0.1) is 0 Å². The van der Waals surface area contributed by atoms with Crippen molar-refractivity contribution in [1.29, 1.82) is 0 Å². The van der Waals surface area contributed by atoms with Crippen molar-refractivity contribution in [3.8, 4) is 5.75 Å². The molecule has 0 spiro atoms. The smallest absolute Gasteiger partial charge is 0.236 e. The number of likely N-dealkylation sites (N-methyl/N-ethyl adjacent to an activating group) is 1. The minimum absolute atomic E-state index is 0. The Morgan fingerprint density at radius 2 is 2.04 bits per heavy atom. The highest BCUT2D eigenvalue weighted by atomic mass is 79.9. The standard InChI is InChI=1S/C16H24BrN3O2.ClH/c1-19(11-12-22-15-5-3-14(17)4-6-15)16(21)13-20-9-2-7-18-8-10-20;/h3-6,18H,2,7-13H2,1H3;1H. The first-order valence-electron chi connectivity index (χ1n) is 7.70. The second-order valence-corrected chi connectivity index (χ2v) is 6.41. The molecule has 1 N–H and O–H groups in total. The van der Waals surface area contributed by atoms with E-state index in [1.165, 1.54) is 0 Å². The Labute approximate surface area is 152 Å². The van der Waals surface area contributed by atoms with E-state index in [9.17, 15) is 4.79 Å². The first kappa shape index (κ1) is 20.2. The van der Waals surface area contributed by atoms with Gasteiger partial charge in [-0.05, 0) is 43.8 Å². The van der Waals surface area contributed by atoms with Gasteiger partial charge in [-0.1, -0.05) is 15.9 Å².